The monoisotopic (exact) mass is 476 g/mol. The molecule has 0 spiro atoms. The van der Waals surface area contributed by atoms with E-state index < -0.39 is 0 Å². The second-order valence-electron chi connectivity index (χ2n) is 6.60. The number of thioether (sulfide) groups is 1. The molecule has 4 rings (SSSR count). The molecule has 0 atom stereocenters. The Morgan fingerprint density at radius 2 is 1.93 bits per heavy atom. The number of rotatable bonds is 7. The maximum Gasteiger partial charge on any atom is 0.234 e. The van der Waals surface area contributed by atoms with E-state index >= 15 is 0 Å². The minimum Gasteiger partial charge on any atom is -0.325 e. The second-order valence-corrected chi connectivity index (χ2v) is 9.32. The number of hydrogen-bond acceptors (Lipinski definition) is 5. The number of amides is 1. The molecule has 0 aliphatic heterocycles. The fourth-order valence-electron chi connectivity index (χ4n) is 3.12. The molecule has 0 unspecified atom stereocenters. The Hall–Kier alpha value is -2.06. The van der Waals surface area contributed by atoms with Crippen molar-refractivity contribution in [3.8, 4) is 11.4 Å². The van der Waals surface area contributed by atoms with Gasteiger partial charge in [0.1, 0.15) is 0 Å². The molecule has 4 aromatic rings. The lowest BCUT2D eigenvalue weighted by Gasteiger charge is -2.09. The average Bonchev–Trinajstić information content (AvgIpc) is 3.30. The quantitative estimate of drug-likeness (QED) is 0.305. The van der Waals surface area contributed by atoms with Gasteiger partial charge in [-0.1, -0.05) is 60.1 Å². The third-order valence-electron chi connectivity index (χ3n) is 4.36. The summed E-state index contributed by atoms with van der Waals surface area (Å²) in [6, 6.07) is 13.2. The Morgan fingerprint density at radius 3 is 2.70 bits per heavy atom. The summed E-state index contributed by atoms with van der Waals surface area (Å²) in [6.45, 7) is 2.89. The lowest BCUT2D eigenvalue weighted by Crippen LogP contribution is -2.14. The fourth-order valence-corrected chi connectivity index (χ4v) is 5.35. The largest absolute Gasteiger partial charge is 0.325 e. The normalized spacial score (nSPS) is 11.2. The van der Waals surface area contributed by atoms with Gasteiger partial charge in [0.05, 0.1) is 5.75 Å². The van der Waals surface area contributed by atoms with Crippen LogP contribution in [0, 0.1) is 0 Å². The van der Waals surface area contributed by atoms with Crippen molar-refractivity contribution >= 4 is 68.0 Å². The first-order valence-corrected chi connectivity index (χ1v) is 12.0. The molecule has 0 aliphatic carbocycles. The predicted octanol–water partition coefficient (Wildman–Crippen LogP) is 6.61. The smallest absolute Gasteiger partial charge is 0.234 e. The van der Waals surface area contributed by atoms with Crippen LogP contribution in [0.25, 0.3) is 21.5 Å². The van der Waals surface area contributed by atoms with Gasteiger partial charge in [0.2, 0.25) is 5.91 Å². The van der Waals surface area contributed by atoms with Crippen LogP contribution in [0.2, 0.25) is 10.0 Å². The Bertz CT molecular complexity index is 1180. The summed E-state index contributed by atoms with van der Waals surface area (Å²) < 4.78 is 3.30. The van der Waals surface area contributed by atoms with Crippen LogP contribution in [0.5, 0.6) is 0 Å². The van der Waals surface area contributed by atoms with Gasteiger partial charge in [-0.25, -0.2) is 0 Å². The number of hydrogen-bond donors (Lipinski definition) is 1. The molecule has 2 heterocycles. The molecule has 5 nitrogen and oxygen atoms in total. The van der Waals surface area contributed by atoms with E-state index in [4.69, 9.17) is 23.2 Å². The van der Waals surface area contributed by atoms with E-state index in [0.717, 1.165) is 29.5 Å². The number of carbonyl (C=O) groups excluding carboxylic acids is 1. The minimum absolute atomic E-state index is 0.160. The summed E-state index contributed by atoms with van der Waals surface area (Å²) in [4.78, 5) is 12.4. The molecule has 2 aromatic carbocycles. The highest BCUT2D eigenvalue weighted by Crippen LogP contribution is 2.34. The summed E-state index contributed by atoms with van der Waals surface area (Å²) in [5.74, 6) is 0.877. The van der Waals surface area contributed by atoms with Crippen LogP contribution >= 0.6 is 46.3 Å². The number of aromatic nitrogens is 3. The van der Waals surface area contributed by atoms with Gasteiger partial charge in [0.15, 0.2) is 11.0 Å². The highest BCUT2D eigenvalue weighted by atomic mass is 35.5. The van der Waals surface area contributed by atoms with E-state index in [1.54, 1.807) is 29.5 Å². The number of halogens is 2. The molecular formula is C21H18Cl2N4OS2. The van der Waals surface area contributed by atoms with Gasteiger partial charge in [0, 0.05) is 43.3 Å². The van der Waals surface area contributed by atoms with Gasteiger partial charge in [-0.15, -0.1) is 21.5 Å². The van der Waals surface area contributed by atoms with Gasteiger partial charge >= 0.3 is 0 Å². The summed E-state index contributed by atoms with van der Waals surface area (Å²) >= 11 is 15.0. The van der Waals surface area contributed by atoms with Crippen molar-refractivity contribution in [2.45, 2.75) is 25.0 Å². The zero-order valence-electron chi connectivity index (χ0n) is 16.1. The molecule has 1 amide bonds. The lowest BCUT2D eigenvalue weighted by molar-refractivity contribution is -0.113. The first kappa shape index (κ1) is 21.2. The minimum atomic E-state index is -0.160. The highest BCUT2D eigenvalue weighted by Gasteiger charge is 2.18. The molecule has 0 saturated carbocycles. The standard InChI is InChI=1S/C21H18Cl2N4OS2/c1-2-7-27-20(17-11-29-18-6-4-3-5-16(17)18)25-26-21(27)30-12-19(28)24-15-9-13(22)8-14(23)10-15/h3-6,8-11H,2,7,12H2,1H3,(H,24,28). The number of fused-ring (bicyclic) bond motifs is 1. The number of thiophene rings is 1. The second kappa shape index (κ2) is 9.39. The van der Waals surface area contributed by atoms with Gasteiger partial charge in [-0.3, -0.25) is 4.79 Å². The average molecular weight is 477 g/mol. The van der Waals surface area contributed by atoms with Gasteiger partial charge in [-0.05, 0) is 30.7 Å². The van der Waals surface area contributed by atoms with Crippen LogP contribution in [0.3, 0.4) is 0 Å². The number of nitrogens with zero attached hydrogens (tertiary/aromatic N) is 3. The van der Waals surface area contributed by atoms with E-state index in [9.17, 15) is 4.79 Å². The van der Waals surface area contributed by atoms with Crippen molar-refractivity contribution in [2.75, 3.05) is 11.1 Å². The summed E-state index contributed by atoms with van der Waals surface area (Å²) in [7, 11) is 0. The van der Waals surface area contributed by atoms with Crippen LogP contribution in [0.1, 0.15) is 13.3 Å². The highest BCUT2D eigenvalue weighted by molar-refractivity contribution is 7.99. The number of anilines is 1. The first-order valence-electron chi connectivity index (χ1n) is 9.33. The van der Waals surface area contributed by atoms with Crippen LogP contribution in [-0.2, 0) is 11.3 Å². The van der Waals surface area contributed by atoms with E-state index in [1.807, 2.05) is 12.1 Å². The molecule has 1 N–H and O–H groups in total. The van der Waals surface area contributed by atoms with Crippen molar-refractivity contribution in [1.82, 2.24) is 14.8 Å². The summed E-state index contributed by atoms with van der Waals surface area (Å²) in [6.07, 6.45) is 0.938. The van der Waals surface area contributed by atoms with Crippen molar-refractivity contribution in [3.63, 3.8) is 0 Å². The number of nitrogens with one attached hydrogen (secondary N) is 1. The van der Waals surface area contributed by atoms with Crippen LogP contribution in [0.4, 0.5) is 5.69 Å². The van der Waals surface area contributed by atoms with E-state index in [0.29, 0.717) is 15.7 Å². The Kier molecular flexibility index (Phi) is 6.63. The molecule has 30 heavy (non-hydrogen) atoms. The zero-order valence-corrected chi connectivity index (χ0v) is 19.2. The van der Waals surface area contributed by atoms with Crippen LogP contribution < -0.4 is 5.32 Å². The molecule has 154 valence electrons. The SMILES string of the molecule is CCCn1c(SCC(=O)Nc2cc(Cl)cc(Cl)c2)nnc1-c1csc2ccccc12. The maximum absolute atomic E-state index is 12.4. The molecule has 0 aliphatic rings. The first-order chi connectivity index (χ1) is 14.5. The molecule has 0 radical (unpaired) electrons. The summed E-state index contributed by atoms with van der Waals surface area (Å²) in [5.41, 5.74) is 1.64. The molecule has 0 fully saturated rings. The van der Waals surface area contributed by atoms with Gasteiger partial charge in [0.25, 0.3) is 0 Å². The number of carbonyl (C=O) groups is 1. The molecule has 9 heteroatoms. The maximum atomic E-state index is 12.4. The van der Waals surface area contributed by atoms with Gasteiger partial charge < -0.3 is 9.88 Å². The Labute approximate surface area is 192 Å². The van der Waals surface area contributed by atoms with E-state index in [1.165, 1.54) is 21.8 Å². The Morgan fingerprint density at radius 1 is 1.17 bits per heavy atom. The Balaban J connectivity index is 1.52. The molecule has 2 aromatic heterocycles. The van der Waals surface area contributed by atoms with Crippen molar-refractivity contribution in [3.05, 3.63) is 57.9 Å². The van der Waals surface area contributed by atoms with E-state index in [2.05, 4.69) is 44.5 Å². The van der Waals surface area contributed by atoms with Crippen molar-refractivity contribution in [2.24, 2.45) is 0 Å². The predicted molar refractivity (Wildman–Crippen MR) is 127 cm³/mol. The third kappa shape index (κ3) is 4.64. The van der Waals surface area contributed by atoms with Crippen molar-refractivity contribution in [1.29, 1.82) is 0 Å². The summed E-state index contributed by atoms with van der Waals surface area (Å²) in [5, 5.41) is 16.6. The van der Waals surface area contributed by atoms with E-state index in [-0.39, 0.29) is 11.7 Å². The molecule has 0 bridgehead atoms. The lowest BCUT2D eigenvalue weighted by atomic mass is 10.1. The van der Waals surface area contributed by atoms with Crippen molar-refractivity contribution < 1.29 is 4.79 Å². The number of benzene rings is 2. The fraction of sp³-hybridized carbons (Fsp3) is 0.190. The molecular weight excluding hydrogens is 459 g/mol. The van der Waals surface area contributed by atoms with Crippen LogP contribution in [0.15, 0.2) is 53.0 Å². The zero-order chi connectivity index (χ0) is 21.1. The topological polar surface area (TPSA) is 59.8 Å². The van der Waals surface area contributed by atoms with Crippen LogP contribution in [-0.4, -0.2) is 26.4 Å². The third-order valence-corrected chi connectivity index (χ3v) is 6.73. The van der Waals surface area contributed by atoms with Gasteiger partial charge in [-0.2, -0.15) is 0 Å². The molecule has 0 saturated heterocycles.